The van der Waals surface area contributed by atoms with Crippen molar-refractivity contribution in [3.63, 3.8) is 0 Å². The van der Waals surface area contributed by atoms with Crippen molar-refractivity contribution >= 4 is 0 Å². The SMILES string of the molecule is CC(CN)(C1CC1)N1CCC(c2ccccc2)C1. The third-order valence-corrected chi connectivity index (χ3v) is 5.05. The molecule has 0 amide bonds. The van der Waals surface area contributed by atoms with Gasteiger partial charge in [0, 0.05) is 18.6 Å². The molecule has 1 aromatic carbocycles. The van der Waals surface area contributed by atoms with Crippen LogP contribution in [0.5, 0.6) is 0 Å². The van der Waals surface area contributed by atoms with Crippen molar-refractivity contribution < 1.29 is 0 Å². The summed E-state index contributed by atoms with van der Waals surface area (Å²) in [6, 6.07) is 10.9. The smallest absolute Gasteiger partial charge is 0.0331 e. The molecule has 1 aromatic rings. The van der Waals surface area contributed by atoms with Gasteiger partial charge >= 0.3 is 0 Å². The van der Waals surface area contributed by atoms with Crippen LogP contribution in [0.3, 0.4) is 0 Å². The minimum absolute atomic E-state index is 0.254. The van der Waals surface area contributed by atoms with E-state index in [4.69, 9.17) is 5.73 Å². The van der Waals surface area contributed by atoms with Crippen molar-refractivity contribution in [3.8, 4) is 0 Å². The second kappa shape index (κ2) is 4.67. The molecule has 2 aliphatic rings. The number of hydrogen-bond donors (Lipinski definition) is 1. The monoisotopic (exact) mass is 244 g/mol. The number of nitrogens with two attached hydrogens (primary N) is 1. The zero-order valence-electron chi connectivity index (χ0n) is 11.3. The van der Waals surface area contributed by atoms with Crippen molar-refractivity contribution in [2.75, 3.05) is 19.6 Å². The maximum absolute atomic E-state index is 6.07. The summed E-state index contributed by atoms with van der Waals surface area (Å²) in [7, 11) is 0. The maximum atomic E-state index is 6.07. The van der Waals surface area contributed by atoms with E-state index in [2.05, 4.69) is 42.2 Å². The highest BCUT2D eigenvalue weighted by atomic mass is 15.2. The molecule has 3 rings (SSSR count). The largest absolute Gasteiger partial charge is 0.329 e. The van der Waals surface area contributed by atoms with Gasteiger partial charge in [-0.1, -0.05) is 30.3 Å². The van der Waals surface area contributed by atoms with Crippen LogP contribution in [0.2, 0.25) is 0 Å². The van der Waals surface area contributed by atoms with Crippen molar-refractivity contribution in [2.24, 2.45) is 11.7 Å². The van der Waals surface area contributed by atoms with Crippen LogP contribution in [0.15, 0.2) is 30.3 Å². The van der Waals surface area contributed by atoms with Crippen LogP contribution in [-0.2, 0) is 0 Å². The van der Waals surface area contributed by atoms with Crippen molar-refractivity contribution in [1.29, 1.82) is 0 Å². The zero-order chi connectivity index (χ0) is 12.6. The Morgan fingerprint density at radius 2 is 1.94 bits per heavy atom. The molecule has 2 nitrogen and oxygen atoms in total. The molecular formula is C16H24N2. The van der Waals surface area contributed by atoms with Gasteiger partial charge in [0.2, 0.25) is 0 Å². The second-order valence-electron chi connectivity index (χ2n) is 6.18. The van der Waals surface area contributed by atoms with Crippen LogP contribution in [0.25, 0.3) is 0 Å². The molecule has 2 unspecified atom stereocenters. The molecule has 0 aromatic heterocycles. The van der Waals surface area contributed by atoms with E-state index in [1.165, 1.54) is 37.9 Å². The van der Waals surface area contributed by atoms with Crippen LogP contribution >= 0.6 is 0 Å². The first-order valence-corrected chi connectivity index (χ1v) is 7.24. The lowest BCUT2D eigenvalue weighted by atomic mass is 9.93. The Morgan fingerprint density at radius 1 is 1.22 bits per heavy atom. The first kappa shape index (κ1) is 12.2. The first-order valence-electron chi connectivity index (χ1n) is 7.24. The van der Waals surface area contributed by atoms with E-state index < -0.39 is 0 Å². The van der Waals surface area contributed by atoms with Gasteiger partial charge in [-0.05, 0) is 50.1 Å². The van der Waals surface area contributed by atoms with Crippen molar-refractivity contribution in [3.05, 3.63) is 35.9 Å². The van der Waals surface area contributed by atoms with Gasteiger partial charge in [0.15, 0.2) is 0 Å². The quantitative estimate of drug-likeness (QED) is 0.882. The molecule has 1 saturated heterocycles. The topological polar surface area (TPSA) is 29.3 Å². The minimum atomic E-state index is 0.254. The van der Waals surface area contributed by atoms with E-state index in [0.29, 0.717) is 5.92 Å². The molecule has 2 N–H and O–H groups in total. The van der Waals surface area contributed by atoms with E-state index in [9.17, 15) is 0 Å². The van der Waals surface area contributed by atoms with Gasteiger partial charge in [-0.15, -0.1) is 0 Å². The van der Waals surface area contributed by atoms with Gasteiger partial charge < -0.3 is 5.73 Å². The number of likely N-dealkylation sites (tertiary alicyclic amines) is 1. The molecule has 2 heteroatoms. The van der Waals surface area contributed by atoms with Gasteiger partial charge in [0.1, 0.15) is 0 Å². The fourth-order valence-corrected chi connectivity index (χ4v) is 3.48. The standard InChI is InChI=1S/C16H24N2/c1-16(12-17,15-7-8-15)18-10-9-14(11-18)13-5-3-2-4-6-13/h2-6,14-15H,7-12,17H2,1H3. The molecule has 18 heavy (non-hydrogen) atoms. The Morgan fingerprint density at radius 3 is 2.56 bits per heavy atom. The first-order chi connectivity index (χ1) is 8.74. The van der Waals surface area contributed by atoms with Crippen molar-refractivity contribution in [1.82, 2.24) is 4.90 Å². The fraction of sp³-hybridized carbons (Fsp3) is 0.625. The van der Waals surface area contributed by atoms with Crippen LogP contribution in [0, 0.1) is 5.92 Å². The molecule has 1 saturated carbocycles. The number of hydrogen-bond acceptors (Lipinski definition) is 2. The second-order valence-corrected chi connectivity index (χ2v) is 6.18. The summed E-state index contributed by atoms with van der Waals surface area (Å²) in [5.41, 5.74) is 7.82. The van der Waals surface area contributed by atoms with Gasteiger partial charge in [0.25, 0.3) is 0 Å². The van der Waals surface area contributed by atoms with E-state index >= 15 is 0 Å². The molecule has 0 bridgehead atoms. The average Bonchev–Trinajstić information content (AvgIpc) is 3.16. The van der Waals surface area contributed by atoms with Gasteiger partial charge in [-0.3, -0.25) is 4.90 Å². The summed E-state index contributed by atoms with van der Waals surface area (Å²) in [6.07, 6.45) is 4.03. The van der Waals surface area contributed by atoms with Crippen LogP contribution < -0.4 is 5.73 Å². The van der Waals surface area contributed by atoms with Crippen LogP contribution in [0.1, 0.15) is 37.7 Å². The normalized spacial score (nSPS) is 28.2. The lowest BCUT2D eigenvalue weighted by Gasteiger charge is -2.38. The summed E-state index contributed by atoms with van der Waals surface area (Å²) in [4.78, 5) is 2.66. The summed E-state index contributed by atoms with van der Waals surface area (Å²) in [5, 5.41) is 0. The Bertz CT molecular complexity index is 399. The van der Waals surface area contributed by atoms with Gasteiger partial charge in [-0.2, -0.15) is 0 Å². The Hall–Kier alpha value is -0.860. The number of rotatable bonds is 4. The number of benzene rings is 1. The summed E-state index contributed by atoms with van der Waals surface area (Å²) < 4.78 is 0. The van der Waals surface area contributed by atoms with Crippen LogP contribution in [0.4, 0.5) is 0 Å². The average molecular weight is 244 g/mol. The zero-order valence-corrected chi connectivity index (χ0v) is 11.3. The fourth-order valence-electron chi connectivity index (χ4n) is 3.48. The maximum Gasteiger partial charge on any atom is 0.0331 e. The minimum Gasteiger partial charge on any atom is -0.329 e. The van der Waals surface area contributed by atoms with Crippen LogP contribution in [-0.4, -0.2) is 30.1 Å². The van der Waals surface area contributed by atoms with E-state index in [1.807, 2.05) is 0 Å². The van der Waals surface area contributed by atoms with Gasteiger partial charge in [-0.25, -0.2) is 0 Å². The van der Waals surface area contributed by atoms with E-state index in [1.54, 1.807) is 0 Å². The van der Waals surface area contributed by atoms with E-state index in [0.717, 1.165) is 12.5 Å². The molecule has 1 aliphatic heterocycles. The van der Waals surface area contributed by atoms with Gasteiger partial charge in [0.05, 0.1) is 0 Å². The van der Waals surface area contributed by atoms with E-state index in [-0.39, 0.29) is 5.54 Å². The highest BCUT2D eigenvalue weighted by molar-refractivity contribution is 5.21. The molecular weight excluding hydrogens is 220 g/mol. The molecule has 0 radical (unpaired) electrons. The molecule has 98 valence electrons. The number of nitrogens with zero attached hydrogens (tertiary/aromatic N) is 1. The lowest BCUT2D eigenvalue weighted by Crippen LogP contribution is -2.52. The molecule has 1 heterocycles. The summed E-state index contributed by atoms with van der Waals surface area (Å²) in [5.74, 6) is 1.55. The summed E-state index contributed by atoms with van der Waals surface area (Å²) >= 11 is 0. The predicted molar refractivity (Wildman–Crippen MR) is 75.6 cm³/mol. The Kier molecular flexibility index (Phi) is 3.16. The lowest BCUT2D eigenvalue weighted by molar-refractivity contribution is 0.117. The summed E-state index contributed by atoms with van der Waals surface area (Å²) in [6.45, 7) is 5.58. The highest BCUT2D eigenvalue weighted by Crippen LogP contribution is 2.45. The third-order valence-electron chi connectivity index (χ3n) is 5.05. The van der Waals surface area contributed by atoms with Crippen molar-refractivity contribution in [2.45, 2.75) is 37.6 Å². The third kappa shape index (κ3) is 2.08. The molecule has 0 spiro atoms. The highest BCUT2D eigenvalue weighted by Gasteiger charge is 2.46. The predicted octanol–water partition coefficient (Wildman–Crippen LogP) is 2.60. The Labute approximate surface area is 110 Å². The molecule has 2 fully saturated rings. The molecule has 2 atom stereocenters. The Balaban J connectivity index is 1.71. The molecule has 1 aliphatic carbocycles.